The van der Waals surface area contributed by atoms with Gasteiger partial charge in [-0.3, -0.25) is 0 Å². The van der Waals surface area contributed by atoms with Crippen molar-refractivity contribution in [3.8, 4) is 11.3 Å². The number of para-hydroxylation sites is 1. The maximum atomic E-state index is 11.3. The number of carboxylic acid groups (broad SMARTS) is 1. The van der Waals surface area contributed by atoms with Crippen LogP contribution in [0.25, 0.3) is 22.2 Å². The number of carboxylic acids is 1. The van der Waals surface area contributed by atoms with Gasteiger partial charge in [0.25, 0.3) is 0 Å². The van der Waals surface area contributed by atoms with Crippen molar-refractivity contribution in [1.82, 2.24) is 9.97 Å². The fraction of sp³-hybridized carbons (Fsp3) is 0.133. The number of aromatic nitrogens is 2. The van der Waals surface area contributed by atoms with Crippen molar-refractivity contribution in [2.75, 3.05) is 0 Å². The van der Waals surface area contributed by atoms with Crippen molar-refractivity contribution in [3.05, 3.63) is 47.3 Å². The number of H-pyrrole nitrogens is 2. The van der Waals surface area contributed by atoms with Crippen LogP contribution in [-0.4, -0.2) is 21.0 Å². The van der Waals surface area contributed by atoms with Gasteiger partial charge in [-0.2, -0.15) is 0 Å². The first-order chi connectivity index (χ1) is 9.09. The Kier molecular flexibility index (Phi) is 2.45. The molecule has 4 nitrogen and oxygen atoms in total. The molecule has 3 N–H and O–H groups in total. The van der Waals surface area contributed by atoms with Crippen LogP contribution in [0.3, 0.4) is 0 Å². The summed E-state index contributed by atoms with van der Waals surface area (Å²) in [6, 6.07) is 7.62. The molecule has 0 spiro atoms. The Balaban J connectivity index is 2.37. The van der Waals surface area contributed by atoms with Gasteiger partial charge >= 0.3 is 5.97 Å². The predicted molar refractivity (Wildman–Crippen MR) is 74.5 cm³/mol. The SMILES string of the molecule is Cc1[nH]c2c(C)cccc2c1-c1[nH]ccc1C(=O)O. The van der Waals surface area contributed by atoms with Gasteiger partial charge in [-0.1, -0.05) is 18.2 Å². The number of nitrogens with one attached hydrogen (secondary N) is 2. The Labute approximate surface area is 110 Å². The van der Waals surface area contributed by atoms with Crippen LogP contribution in [0.2, 0.25) is 0 Å². The number of aryl methyl sites for hydroxylation is 2. The molecule has 0 amide bonds. The van der Waals surface area contributed by atoms with Crippen LogP contribution in [0, 0.1) is 13.8 Å². The van der Waals surface area contributed by atoms with E-state index in [2.05, 4.69) is 9.97 Å². The number of hydrogen-bond acceptors (Lipinski definition) is 1. The van der Waals surface area contributed by atoms with Gasteiger partial charge in [0.15, 0.2) is 0 Å². The summed E-state index contributed by atoms with van der Waals surface area (Å²) in [6.07, 6.45) is 1.66. The number of carbonyl (C=O) groups is 1. The minimum Gasteiger partial charge on any atom is -0.478 e. The van der Waals surface area contributed by atoms with Crippen molar-refractivity contribution in [1.29, 1.82) is 0 Å². The summed E-state index contributed by atoms with van der Waals surface area (Å²) >= 11 is 0. The van der Waals surface area contributed by atoms with Gasteiger partial charge < -0.3 is 15.1 Å². The predicted octanol–water partition coefficient (Wildman–Crippen LogP) is 3.48. The monoisotopic (exact) mass is 254 g/mol. The molecule has 96 valence electrons. The van der Waals surface area contributed by atoms with Crippen LogP contribution in [0.4, 0.5) is 0 Å². The standard InChI is InChI=1S/C15H14N2O2/c1-8-4-3-5-10-12(9(2)17-13(8)10)14-11(15(18)19)6-7-16-14/h3-7,16-17H,1-2H3,(H,18,19). The van der Waals surface area contributed by atoms with E-state index < -0.39 is 5.97 Å². The number of aromatic amines is 2. The van der Waals surface area contributed by atoms with Crippen molar-refractivity contribution >= 4 is 16.9 Å². The largest absolute Gasteiger partial charge is 0.478 e. The second-order valence-electron chi connectivity index (χ2n) is 4.69. The summed E-state index contributed by atoms with van der Waals surface area (Å²) in [7, 11) is 0. The first-order valence-corrected chi connectivity index (χ1v) is 6.08. The van der Waals surface area contributed by atoms with Gasteiger partial charge in [0.05, 0.1) is 11.3 Å². The zero-order chi connectivity index (χ0) is 13.6. The molecule has 3 aromatic rings. The fourth-order valence-electron chi connectivity index (χ4n) is 2.57. The van der Waals surface area contributed by atoms with Crippen molar-refractivity contribution in [2.45, 2.75) is 13.8 Å². The van der Waals surface area contributed by atoms with Crippen LogP contribution in [0.5, 0.6) is 0 Å². The first kappa shape index (κ1) is 11.6. The normalized spacial score (nSPS) is 11.1. The van der Waals surface area contributed by atoms with Gasteiger partial charge in [-0.25, -0.2) is 4.79 Å². The highest BCUT2D eigenvalue weighted by atomic mass is 16.4. The average molecular weight is 254 g/mol. The molecule has 2 aromatic heterocycles. The third-order valence-corrected chi connectivity index (χ3v) is 3.46. The van der Waals surface area contributed by atoms with E-state index in [0.717, 1.165) is 27.7 Å². The number of aromatic carboxylic acids is 1. The van der Waals surface area contributed by atoms with Crippen LogP contribution in [0.15, 0.2) is 30.5 Å². The summed E-state index contributed by atoms with van der Waals surface area (Å²) in [5.74, 6) is -0.919. The molecule has 0 aliphatic rings. The van der Waals surface area contributed by atoms with Gasteiger partial charge in [0.2, 0.25) is 0 Å². The molecule has 0 saturated heterocycles. The molecule has 2 heterocycles. The van der Waals surface area contributed by atoms with Crippen LogP contribution < -0.4 is 0 Å². The number of rotatable bonds is 2. The molecular weight excluding hydrogens is 240 g/mol. The van der Waals surface area contributed by atoms with Crippen LogP contribution in [-0.2, 0) is 0 Å². The van der Waals surface area contributed by atoms with E-state index in [1.54, 1.807) is 12.3 Å². The molecule has 4 heteroatoms. The lowest BCUT2D eigenvalue weighted by Gasteiger charge is -2.02. The molecule has 0 aliphatic heterocycles. The Morgan fingerprint density at radius 2 is 2.00 bits per heavy atom. The van der Waals surface area contributed by atoms with Crippen LogP contribution in [0.1, 0.15) is 21.6 Å². The Hall–Kier alpha value is -2.49. The summed E-state index contributed by atoms with van der Waals surface area (Å²) in [5, 5.41) is 10.3. The van der Waals surface area contributed by atoms with E-state index in [4.69, 9.17) is 0 Å². The van der Waals surface area contributed by atoms with Gasteiger partial charge in [0.1, 0.15) is 0 Å². The van der Waals surface area contributed by atoms with Crippen molar-refractivity contribution in [2.24, 2.45) is 0 Å². The zero-order valence-corrected chi connectivity index (χ0v) is 10.7. The molecule has 1 aromatic carbocycles. The van der Waals surface area contributed by atoms with Gasteiger partial charge in [-0.05, 0) is 25.5 Å². The minimum atomic E-state index is -0.919. The summed E-state index contributed by atoms with van der Waals surface area (Å²) in [6.45, 7) is 4.00. The van der Waals surface area contributed by atoms with Crippen molar-refractivity contribution in [3.63, 3.8) is 0 Å². The first-order valence-electron chi connectivity index (χ1n) is 6.08. The maximum Gasteiger partial charge on any atom is 0.337 e. The second-order valence-corrected chi connectivity index (χ2v) is 4.69. The highest BCUT2D eigenvalue weighted by molar-refractivity contribution is 6.04. The van der Waals surface area contributed by atoms with E-state index in [1.807, 2.05) is 32.0 Å². The molecule has 0 radical (unpaired) electrons. The van der Waals surface area contributed by atoms with E-state index >= 15 is 0 Å². The van der Waals surface area contributed by atoms with E-state index in [0.29, 0.717) is 11.3 Å². The zero-order valence-electron chi connectivity index (χ0n) is 10.7. The molecule has 0 fully saturated rings. The number of fused-ring (bicyclic) bond motifs is 1. The topological polar surface area (TPSA) is 68.9 Å². The fourth-order valence-corrected chi connectivity index (χ4v) is 2.57. The molecule has 0 atom stereocenters. The number of hydrogen-bond donors (Lipinski definition) is 3. The Bertz CT molecular complexity index is 781. The summed E-state index contributed by atoms with van der Waals surface area (Å²) < 4.78 is 0. The average Bonchev–Trinajstić information content (AvgIpc) is 2.93. The Morgan fingerprint density at radius 1 is 1.21 bits per heavy atom. The lowest BCUT2D eigenvalue weighted by atomic mass is 10.0. The Morgan fingerprint density at radius 3 is 2.74 bits per heavy atom. The molecule has 0 bridgehead atoms. The highest BCUT2D eigenvalue weighted by Gasteiger charge is 2.18. The third-order valence-electron chi connectivity index (χ3n) is 3.46. The van der Waals surface area contributed by atoms with Gasteiger partial charge in [0, 0.05) is 28.4 Å². The van der Waals surface area contributed by atoms with Crippen molar-refractivity contribution < 1.29 is 9.90 Å². The summed E-state index contributed by atoms with van der Waals surface area (Å²) in [4.78, 5) is 17.6. The lowest BCUT2D eigenvalue weighted by Crippen LogP contribution is -1.97. The second kappa shape index (κ2) is 4.02. The molecule has 3 rings (SSSR count). The summed E-state index contributed by atoms with van der Waals surface area (Å²) in [5.41, 5.74) is 5.05. The molecular formula is C15H14N2O2. The molecule has 0 saturated carbocycles. The molecule has 0 unspecified atom stereocenters. The molecule has 19 heavy (non-hydrogen) atoms. The van der Waals surface area contributed by atoms with E-state index in [9.17, 15) is 9.90 Å². The minimum absolute atomic E-state index is 0.297. The number of benzene rings is 1. The highest BCUT2D eigenvalue weighted by Crippen LogP contribution is 2.34. The third kappa shape index (κ3) is 1.64. The lowest BCUT2D eigenvalue weighted by molar-refractivity contribution is 0.0698. The van der Waals surface area contributed by atoms with Crippen LogP contribution >= 0.6 is 0 Å². The van der Waals surface area contributed by atoms with E-state index in [1.165, 1.54) is 0 Å². The van der Waals surface area contributed by atoms with Gasteiger partial charge in [-0.15, -0.1) is 0 Å². The van der Waals surface area contributed by atoms with E-state index in [-0.39, 0.29) is 0 Å². The quantitative estimate of drug-likeness (QED) is 0.655. The maximum absolute atomic E-state index is 11.3. The molecule has 0 aliphatic carbocycles. The smallest absolute Gasteiger partial charge is 0.337 e.